The van der Waals surface area contributed by atoms with E-state index in [2.05, 4.69) is 5.10 Å². The lowest BCUT2D eigenvalue weighted by molar-refractivity contribution is 0.0941. The number of aromatic nitrogens is 2. The van der Waals surface area contributed by atoms with Crippen molar-refractivity contribution in [3.63, 3.8) is 0 Å². The summed E-state index contributed by atoms with van der Waals surface area (Å²) in [6.45, 7) is 1.42. The summed E-state index contributed by atoms with van der Waals surface area (Å²) < 4.78 is 52.9. The van der Waals surface area contributed by atoms with E-state index in [-0.39, 0.29) is 16.1 Å². The number of nitrogens with one attached hydrogen (secondary N) is 2. The Morgan fingerprint density at radius 3 is 2.48 bits per heavy atom. The molecule has 10 heteroatoms. The third kappa shape index (κ3) is 4.01. The van der Waals surface area contributed by atoms with Gasteiger partial charge >= 0.3 is 0 Å². The fourth-order valence-electron chi connectivity index (χ4n) is 2.33. The minimum atomic E-state index is -4.02. The maximum absolute atomic E-state index is 14.4. The standard InChI is InChI=1S/C17H14F2N4O3S/c1-11-7-13(23-10-12(18)9-20-23)8-15(16(11)19)17(24)21-22-27(25,26)14-5-3-2-4-6-14/h2-10,22H,1H3,(H,21,24). The number of rotatable bonds is 5. The lowest BCUT2D eigenvalue weighted by Gasteiger charge is -2.11. The van der Waals surface area contributed by atoms with Crippen LogP contribution in [0.3, 0.4) is 0 Å². The number of halogens is 2. The Labute approximate surface area is 153 Å². The summed E-state index contributed by atoms with van der Waals surface area (Å²) in [6.07, 6.45) is 2.03. The zero-order valence-corrected chi connectivity index (χ0v) is 14.8. The summed E-state index contributed by atoms with van der Waals surface area (Å²) in [5.74, 6) is -2.44. The molecule has 27 heavy (non-hydrogen) atoms. The molecule has 3 aromatic rings. The highest BCUT2D eigenvalue weighted by Crippen LogP contribution is 2.19. The number of nitrogens with zero attached hydrogens (tertiary/aromatic N) is 2. The molecule has 0 spiro atoms. The molecule has 0 saturated heterocycles. The van der Waals surface area contributed by atoms with Gasteiger partial charge in [-0.1, -0.05) is 18.2 Å². The quantitative estimate of drug-likeness (QED) is 0.650. The van der Waals surface area contributed by atoms with Gasteiger partial charge < -0.3 is 0 Å². The molecular weight excluding hydrogens is 378 g/mol. The van der Waals surface area contributed by atoms with Gasteiger partial charge in [-0.05, 0) is 36.8 Å². The van der Waals surface area contributed by atoms with Gasteiger partial charge in [-0.25, -0.2) is 21.9 Å². The molecule has 0 aliphatic heterocycles. The molecule has 0 fully saturated rings. The first-order valence-corrected chi connectivity index (χ1v) is 9.14. The van der Waals surface area contributed by atoms with Gasteiger partial charge in [0, 0.05) is 0 Å². The summed E-state index contributed by atoms with van der Waals surface area (Å²) in [7, 11) is -4.02. The van der Waals surface area contributed by atoms with E-state index < -0.39 is 33.1 Å². The second-order valence-corrected chi connectivity index (χ2v) is 7.28. The molecule has 0 unspecified atom stereocenters. The van der Waals surface area contributed by atoms with Gasteiger partial charge in [-0.15, -0.1) is 4.83 Å². The van der Waals surface area contributed by atoms with Gasteiger partial charge in [0.1, 0.15) is 5.82 Å². The van der Waals surface area contributed by atoms with Gasteiger partial charge in [-0.2, -0.15) is 5.10 Å². The molecule has 0 bridgehead atoms. The Bertz CT molecular complexity index is 1100. The molecule has 0 radical (unpaired) electrons. The largest absolute Gasteiger partial charge is 0.273 e. The van der Waals surface area contributed by atoms with Crippen LogP contribution in [-0.2, 0) is 10.0 Å². The van der Waals surface area contributed by atoms with E-state index in [1.54, 1.807) is 6.07 Å². The Morgan fingerprint density at radius 1 is 1.15 bits per heavy atom. The molecule has 0 aliphatic rings. The Hall–Kier alpha value is -3.11. The van der Waals surface area contributed by atoms with Crippen molar-refractivity contribution in [1.82, 2.24) is 20.0 Å². The van der Waals surface area contributed by atoms with Crippen LogP contribution in [0.1, 0.15) is 15.9 Å². The number of amides is 1. The zero-order chi connectivity index (χ0) is 19.6. The van der Waals surface area contributed by atoms with Gasteiger partial charge in [0.2, 0.25) is 0 Å². The molecule has 3 rings (SSSR count). The Morgan fingerprint density at radius 2 is 1.85 bits per heavy atom. The lowest BCUT2D eigenvalue weighted by Crippen LogP contribution is -2.41. The predicted octanol–water partition coefficient (Wildman–Crippen LogP) is 2.08. The van der Waals surface area contributed by atoms with Crippen LogP contribution in [0.4, 0.5) is 8.78 Å². The van der Waals surface area contributed by atoms with Crippen molar-refractivity contribution in [2.24, 2.45) is 0 Å². The second kappa shape index (κ2) is 7.25. The van der Waals surface area contributed by atoms with Gasteiger partial charge in [0.25, 0.3) is 15.9 Å². The van der Waals surface area contributed by atoms with E-state index >= 15 is 0 Å². The molecule has 1 aromatic heterocycles. The first-order valence-electron chi connectivity index (χ1n) is 7.66. The minimum Gasteiger partial charge on any atom is -0.273 e. The van der Waals surface area contributed by atoms with Crippen LogP contribution < -0.4 is 10.3 Å². The van der Waals surface area contributed by atoms with Gasteiger partial charge in [-0.3, -0.25) is 10.2 Å². The summed E-state index contributed by atoms with van der Waals surface area (Å²) in [6, 6.07) is 9.88. The summed E-state index contributed by atoms with van der Waals surface area (Å²) >= 11 is 0. The lowest BCUT2D eigenvalue weighted by atomic mass is 10.1. The summed E-state index contributed by atoms with van der Waals surface area (Å²) in [5.41, 5.74) is 1.90. The summed E-state index contributed by atoms with van der Waals surface area (Å²) in [4.78, 5) is 14.1. The monoisotopic (exact) mass is 392 g/mol. The number of carbonyl (C=O) groups excluding carboxylic acids is 1. The Kier molecular flexibility index (Phi) is 5.02. The number of hydrogen-bond acceptors (Lipinski definition) is 4. The molecule has 2 aromatic carbocycles. The molecule has 1 heterocycles. The third-order valence-corrected chi connectivity index (χ3v) is 4.92. The number of benzene rings is 2. The molecular formula is C17H14F2N4O3S. The van der Waals surface area contributed by atoms with Crippen molar-refractivity contribution >= 4 is 15.9 Å². The molecule has 2 N–H and O–H groups in total. The predicted molar refractivity (Wildman–Crippen MR) is 92.4 cm³/mol. The fourth-order valence-corrected chi connectivity index (χ4v) is 3.19. The maximum atomic E-state index is 14.4. The van der Waals surface area contributed by atoms with Crippen molar-refractivity contribution < 1.29 is 22.0 Å². The molecule has 1 amide bonds. The van der Waals surface area contributed by atoms with E-state index in [1.165, 1.54) is 37.3 Å². The number of carbonyl (C=O) groups is 1. The van der Waals surface area contributed by atoms with Crippen molar-refractivity contribution in [3.05, 3.63) is 77.6 Å². The number of hydrazine groups is 1. The second-order valence-electron chi connectivity index (χ2n) is 5.60. The van der Waals surface area contributed by atoms with Crippen LogP contribution >= 0.6 is 0 Å². The smallest absolute Gasteiger partial charge is 0.269 e. The number of aryl methyl sites for hydroxylation is 1. The van der Waals surface area contributed by atoms with Crippen molar-refractivity contribution in [3.8, 4) is 5.69 Å². The molecule has 7 nitrogen and oxygen atoms in total. The third-order valence-electron chi connectivity index (χ3n) is 3.65. The number of hydrogen-bond donors (Lipinski definition) is 2. The molecule has 0 aliphatic carbocycles. The minimum absolute atomic E-state index is 0.0669. The van der Waals surface area contributed by atoms with Crippen LogP contribution in [0, 0.1) is 18.6 Å². The number of sulfonamides is 1. The van der Waals surface area contributed by atoms with E-state index in [0.29, 0.717) is 0 Å². The summed E-state index contributed by atoms with van der Waals surface area (Å²) in [5, 5.41) is 3.76. The van der Waals surface area contributed by atoms with Crippen LogP contribution in [-0.4, -0.2) is 24.1 Å². The van der Waals surface area contributed by atoms with Gasteiger partial charge in [0.15, 0.2) is 5.82 Å². The normalized spacial score (nSPS) is 11.4. The SMILES string of the molecule is Cc1cc(-n2cc(F)cn2)cc(C(=O)NNS(=O)(=O)c2ccccc2)c1F. The van der Waals surface area contributed by atoms with Crippen LogP contribution in [0.25, 0.3) is 5.69 Å². The van der Waals surface area contributed by atoms with E-state index in [9.17, 15) is 22.0 Å². The Balaban J connectivity index is 1.85. The van der Waals surface area contributed by atoms with Gasteiger partial charge in [0.05, 0.1) is 28.5 Å². The highest BCUT2D eigenvalue weighted by atomic mass is 32.2. The van der Waals surface area contributed by atoms with E-state index in [4.69, 9.17) is 0 Å². The average molecular weight is 392 g/mol. The van der Waals surface area contributed by atoms with Crippen LogP contribution in [0.15, 0.2) is 59.8 Å². The topological polar surface area (TPSA) is 93.1 Å². The highest BCUT2D eigenvalue weighted by Gasteiger charge is 2.19. The fraction of sp³-hybridized carbons (Fsp3) is 0.0588. The van der Waals surface area contributed by atoms with Crippen molar-refractivity contribution in [2.45, 2.75) is 11.8 Å². The maximum Gasteiger partial charge on any atom is 0.269 e. The van der Waals surface area contributed by atoms with Crippen molar-refractivity contribution in [1.29, 1.82) is 0 Å². The van der Waals surface area contributed by atoms with E-state index in [0.717, 1.165) is 23.1 Å². The highest BCUT2D eigenvalue weighted by molar-refractivity contribution is 7.89. The van der Waals surface area contributed by atoms with Crippen LogP contribution in [0.5, 0.6) is 0 Å². The average Bonchev–Trinajstić information content (AvgIpc) is 3.09. The van der Waals surface area contributed by atoms with Crippen LogP contribution in [0.2, 0.25) is 0 Å². The first kappa shape index (κ1) is 18.7. The van der Waals surface area contributed by atoms with E-state index in [1.807, 2.05) is 10.3 Å². The molecule has 0 saturated carbocycles. The van der Waals surface area contributed by atoms with Crippen molar-refractivity contribution in [2.75, 3.05) is 0 Å². The first-order chi connectivity index (χ1) is 12.8. The molecule has 140 valence electrons. The zero-order valence-electron chi connectivity index (χ0n) is 14.0. The molecule has 0 atom stereocenters.